The molecule has 0 radical (unpaired) electrons. The van der Waals surface area contributed by atoms with Gasteiger partial charge in [-0.05, 0) is 29.3 Å². The molecule has 0 aromatic carbocycles. The van der Waals surface area contributed by atoms with Gasteiger partial charge in [-0.2, -0.15) is 0 Å². The van der Waals surface area contributed by atoms with E-state index in [0.717, 1.165) is 13.1 Å². The highest BCUT2D eigenvalue weighted by atomic mass is 35.5. The highest BCUT2D eigenvalue weighted by Crippen LogP contribution is 2.41. The summed E-state index contributed by atoms with van der Waals surface area (Å²) in [7, 11) is 0. The third kappa shape index (κ3) is 4.61. The Morgan fingerprint density at radius 2 is 1.79 bits per heavy atom. The molecule has 2 rings (SSSR count). The molecule has 0 spiro atoms. The average molecular weight is 325 g/mol. The largest absolute Gasteiger partial charge is 0.314 e. The van der Waals surface area contributed by atoms with Crippen molar-refractivity contribution in [2.75, 3.05) is 26.2 Å². The SMILES string of the molecule is Cc1ccsc1[C@H](N1CCNCC1)C(C)(C)C.Cl.Cl. The average Bonchev–Trinajstić information content (AvgIpc) is 2.65. The van der Waals surface area contributed by atoms with Crippen LogP contribution in [0.2, 0.25) is 0 Å². The molecule has 1 atom stereocenters. The fourth-order valence-electron chi connectivity index (χ4n) is 2.71. The summed E-state index contributed by atoms with van der Waals surface area (Å²) in [5.74, 6) is 0. The van der Waals surface area contributed by atoms with Gasteiger partial charge in [-0.15, -0.1) is 36.2 Å². The lowest BCUT2D eigenvalue weighted by molar-refractivity contribution is 0.0884. The number of rotatable bonds is 2. The van der Waals surface area contributed by atoms with Crippen molar-refractivity contribution in [2.45, 2.75) is 33.7 Å². The normalized spacial score (nSPS) is 18.3. The van der Waals surface area contributed by atoms with Gasteiger partial charge < -0.3 is 5.32 Å². The maximum absolute atomic E-state index is 3.44. The van der Waals surface area contributed by atoms with Crippen LogP contribution in [0, 0.1) is 12.3 Å². The lowest BCUT2D eigenvalue weighted by atomic mass is 9.83. The van der Waals surface area contributed by atoms with Crippen molar-refractivity contribution in [1.82, 2.24) is 10.2 Å². The Kier molecular flexibility index (Phi) is 7.93. The Balaban J connectivity index is 0.00000162. The van der Waals surface area contributed by atoms with E-state index in [9.17, 15) is 0 Å². The van der Waals surface area contributed by atoms with Crippen LogP contribution < -0.4 is 5.32 Å². The smallest absolute Gasteiger partial charge is 0.0493 e. The second-order valence-corrected chi connectivity index (χ2v) is 6.97. The summed E-state index contributed by atoms with van der Waals surface area (Å²) in [6.07, 6.45) is 0. The second kappa shape index (κ2) is 7.84. The molecule has 19 heavy (non-hydrogen) atoms. The molecule has 0 bridgehead atoms. The first kappa shape index (κ1) is 19.2. The van der Waals surface area contributed by atoms with Gasteiger partial charge in [0.15, 0.2) is 0 Å². The van der Waals surface area contributed by atoms with Gasteiger partial charge in [0.1, 0.15) is 0 Å². The summed E-state index contributed by atoms with van der Waals surface area (Å²) in [6, 6.07) is 2.81. The molecular formula is C14H26Cl2N2S. The van der Waals surface area contributed by atoms with Gasteiger partial charge in [-0.25, -0.2) is 0 Å². The van der Waals surface area contributed by atoms with Crippen LogP contribution in [0.5, 0.6) is 0 Å². The Morgan fingerprint density at radius 1 is 1.21 bits per heavy atom. The highest BCUT2D eigenvalue weighted by Gasteiger charge is 2.34. The molecule has 2 heterocycles. The van der Waals surface area contributed by atoms with E-state index in [1.807, 2.05) is 11.3 Å². The Hall–Kier alpha value is 0.200. The first-order valence-corrected chi connectivity index (χ1v) is 7.37. The minimum Gasteiger partial charge on any atom is -0.314 e. The number of aryl methyl sites for hydroxylation is 1. The van der Waals surface area contributed by atoms with E-state index < -0.39 is 0 Å². The quantitative estimate of drug-likeness (QED) is 0.887. The van der Waals surface area contributed by atoms with E-state index >= 15 is 0 Å². The molecule has 1 fully saturated rings. The minimum absolute atomic E-state index is 0. The zero-order valence-corrected chi connectivity index (χ0v) is 14.7. The molecule has 0 saturated carbocycles. The van der Waals surface area contributed by atoms with Crippen LogP contribution in [-0.4, -0.2) is 31.1 Å². The Morgan fingerprint density at radius 3 is 2.21 bits per heavy atom. The van der Waals surface area contributed by atoms with Gasteiger partial charge in [0.25, 0.3) is 0 Å². The minimum atomic E-state index is 0. The van der Waals surface area contributed by atoms with Gasteiger partial charge in [0.05, 0.1) is 0 Å². The number of hydrogen-bond donors (Lipinski definition) is 1. The summed E-state index contributed by atoms with van der Waals surface area (Å²) in [4.78, 5) is 4.20. The van der Waals surface area contributed by atoms with Crippen molar-refractivity contribution < 1.29 is 0 Å². The van der Waals surface area contributed by atoms with Crippen molar-refractivity contribution in [3.8, 4) is 0 Å². The van der Waals surface area contributed by atoms with Crippen LogP contribution in [0.25, 0.3) is 0 Å². The van der Waals surface area contributed by atoms with E-state index in [4.69, 9.17) is 0 Å². The molecule has 1 aliphatic heterocycles. The second-order valence-electron chi connectivity index (χ2n) is 6.02. The lowest BCUT2D eigenvalue weighted by Gasteiger charge is -2.42. The standard InChI is InChI=1S/C14H24N2S.2ClH/c1-11-5-10-17-12(11)13(14(2,3)4)16-8-6-15-7-9-16;;/h5,10,13,15H,6-9H2,1-4H3;2*1H/t13-;;/m0../s1. The number of nitrogens with one attached hydrogen (secondary N) is 1. The molecular weight excluding hydrogens is 299 g/mol. The van der Waals surface area contributed by atoms with E-state index in [2.05, 4.69) is 49.4 Å². The maximum Gasteiger partial charge on any atom is 0.0493 e. The van der Waals surface area contributed by atoms with E-state index in [0.29, 0.717) is 11.5 Å². The summed E-state index contributed by atoms with van der Waals surface area (Å²) >= 11 is 1.92. The molecule has 1 aliphatic rings. The van der Waals surface area contributed by atoms with Crippen molar-refractivity contribution in [3.05, 3.63) is 21.9 Å². The zero-order chi connectivity index (χ0) is 12.5. The molecule has 0 amide bonds. The first-order chi connectivity index (χ1) is 8.00. The van der Waals surface area contributed by atoms with Crippen LogP contribution in [-0.2, 0) is 0 Å². The Bertz CT molecular complexity index is 368. The molecule has 0 aliphatic carbocycles. The number of nitrogens with zero attached hydrogens (tertiary/aromatic N) is 1. The van der Waals surface area contributed by atoms with Gasteiger partial charge in [0, 0.05) is 37.1 Å². The molecule has 112 valence electrons. The van der Waals surface area contributed by atoms with E-state index in [1.54, 1.807) is 4.88 Å². The molecule has 1 aromatic rings. The van der Waals surface area contributed by atoms with Crippen molar-refractivity contribution in [1.29, 1.82) is 0 Å². The fourth-order valence-corrected chi connectivity index (χ4v) is 4.02. The van der Waals surface area contributed by atoms with E-state index in [1.165, 1.54) is 18.7 Å². The van der Waals surface area contributed by atoms with Crippen LogP contribution in [0.3, 0.4) is 0 Å². The van der Waals surface area contributed by atoms with Gasteiger partial charge >= 0.3 is 0 Å². The van der Waals surface area contributed by atoms with Crippen LogP contribution >= 0.6 is 36.2 Å². The van der Waals surface area contributed by atoms with E-state index in [-0.39, 0.29) is 24.8 Å². The molecule has 2 nitrogen and oxygen atoms in total. The van der Waals surface area contributed by atoms with Crippen molar-refractivity contribution in [3.63, 3.8) is 0 Å². The molecule has 0 unspecified atom stereocenters. The van der Waals surface area contributed by atoms with Crippen LogP contribution in [0.4, 0.5) is 0 Å². The van der Waals surface area contributed by atoms with Crippen LogP contribution in [0.15, 0.2) is 11.4 Å². The predicted octanol–water partition coefficient (Wildman–Crippen LogP) is 3.89. The summed E-state index contributed by atoms with van der Waals surface area (Å²) in [6.45, 7) is 13.9. The summed E-state index contributed by atoms with van der Waals surface area (Å²) in [5, 5.41) is 5.67. The van der Waals surface area contributed by atoms with Gasteiger partial charge in [-0.3, -0.25) is 4.90 Å². The highest BCUT2D eigenvalue weighted by molar-refractivity contribution is 7.10. The first-order valence-electron chi connectivity index (χ1n) is 6.49. The maximum atomic E-state index is 3.44. The summed E-state index contributed by atoms with van der Waals surface area (Å²) in [5.41, 5.74) is 1.75. The molecule has 1 aromatic heterocycles. The number of hydrogen-bond acceptors (Lipinski definition) is 3. The van der Waals surface area contributed by atoms with Crippen molar-refractivity contribution in [2.24, 2.45) is 5.41 Å². The monoisotopic (exact) mass is 324 g/mol. The number of thiophene rings is 1. The third-order valence-corrected chi connectivity index (χ3v) is 4.56. The predicted molar refractivity (Wildman–Crippen MR) is 90.2 cm³/mol. The van der Waals surface area contributed by atoms with Crippen LogP contribution in [0.1, 0.15) is 37.3 Å². The number of piperazine rings is 1. The fraction of sp³-hybridized carbons (Fsp3) is 0.714. The van der Waals surface area contributed by atoms with Crippen molar-refractivity contribution >= 4 is 36.2 Å². The number of halogens is 2. The molecule has 1 saturated heterocycles. The Labute approximate surface area is 133 Å². The summed E-state index contributed by atoms with van der Waals surface area (Å²) < 4.78 is 0. The van der Waals surface area contributed by atoms with Gasteiger partial charge in [0.2, 0.25) is 0 Å². The third-order valence-electron chi connectivity index (χ3n) is 3.49. The molecule has 5 heteroatoms. The van der Waals surface area contributed by atoms with Gasteiger partial charge in [-0.1, -0.05) is 20.8 Å². The lowest BCUT2D eigenvalue weighted by Crippen LogP contribution is -2.48. The zero-order valence-electron chi connectivity index (χ0n) is 12.2. The topological polar surface area (TPSA) is 15.3 Å². The molecule has 1 N–H and O–H groups in total.